The molecular formula is C21H20ClFN2O6S. The van der Waals surface area contributed by atoms with Gasteiger partial charge in [0, 0.05) is 30.2 Å². The van der Waals surface area contributed by atoms with E-state index in [2.05, 4.69) is 5.32 Å². The highest BCUT2D eigenvalue weighted by atomic mass is 35.5. The molecule has 1 unspecified atom stereocenters. The molecule has 2 amide bonds. The first kappa shape index (κ1) is 23.8. The lowest BCUT2D eigenvalue weighted by Crippen LogP contribution is -2.52. The number of halogens is 2. The molecular weight excluding hydrogens is 463 g/mol. The van der Waals surface area contributed by atoms with E-state index in [0.29, 0.717) is 5.56 Å². The van der Waals surface area contributed by atoms with E-state index in [1.165, 1.54) is 48.2 Å². The number of Topliss-reactive ketones (excluding diaryl/α,β-unsaturated/α-hetero) is 1. The molecule has 0 saturated carbocycles. The fourth-order valence-electron chi connectivity index (χ4n) is 3.39. The number of sulfone groups is 1. The Morgan fingerprint density at radius 1 is 1.22 bits per heavy atom. The van der Waals surface area contributed by atoms with Gasteiger partial charge < -0.3 is 15.3 Å². The predicted octanol–water partition coefficient (Wildman–Crippen LogP) is 1.63. The smallest absolute Gasteiger partial charge is 0.268 e. The molecule has 1 atom stereocenters. The zero-order valence-electron chi connectivity index (χ0n) is 17.0. The van der Waals surface area contributed by atoms with Gasteiger partial charge in [-0.25, -0.2) is 12.8 Å². The zero-order valence-corrected chi connectivity index (χ0v) is 18.5. The maximum Gasteiger partial charge on any atom is 0.268 e. The normalized spacial score (nSPS) is 18.6. The Bertz CT molecular complexity index is 1170. The van der Waals surface area contributed by atoms with Crippen LogP contribution in [-0.2, 0) is 30.8 Å². The Morgan fingerprint density at radius 3 is 2.47 bits per heavy atom. The summed E-state index contributed by atoms with van der Waals surface area (Å²) in [5.41, 5.74) is -1.68. The Morgan fingerprint density at radius 2 is 1.88 bits per heavy atom. The number of ketones is 1. The average Bonchev–Trinajstić information content (AvgIpc) is 3.00. The predicted molar refractivity (Wildman–Crippen MR) is 114 cm³/mol. The van der Waals surface area contributed by atoms with Gasteiger partial charge in [0.1, 0.15) is 17.4 Å². The molecule has 0 radical (unpaired) electrons. The second-order valence-corrected chi connectivity index (χ2v) is 9.91. The molecule has 3 rings (SSSR count). The average molecular weight is 483 g/mol. The number of hydrogen-bond acceptors (Lipinski definition) is 6. The number of nitrogens with zero attached hydrogens (tertiary/aromatic N) is 1. The third kappa shape index (κ3) is 4.98. The molecule has 0 spiro atoms. The quantitative estimate of drug-likeness (QED) is 0.578. The maximum absolute atomic E-state index is 13.4. The highest BCUT2D eigenvalue weighted by Gasteiger charge is 2.51. The number of carbonyl (C=O) groups is 3. The molecule has 11 heteroatoms. The van der Waals surface area contributed by atoms with Gasteiger partial charge in [0.2, 0.25) is 5.60 Å². The van der Waals surface area contributed by atoms with Crippen LogP contribution in [-0.4, -0.2) is 49.0 Å². The lowest BCUT2D eigenvalue weighted by atomic mass is 10.0. The van der Waals surface area contributed by atoms with Crippen molar-refractivity contribution in [3.63, 3.8) is 0 Å². The number of amides is 2. The van der Waals surface area contributed by atoms with E-state index in [1.807, 2.05) is 0 Å². The van der Waals surface area contributed by atoms with Crippen molar-refractivity contribution in [3.05, 3.63) is 58.9 Å². The monoisotopic (exact) mass is 482 g/mol. The summed E-state index contributed by atoms with van der Waals surface area (Å²) in [5.74, 6) is -3.53. The Kier molecular flexibility index (Phi) is 6.68. The number of nitrogens with one attached hydrogen (secondary N) is 1. The van der Waals surface area contributed by atoms with Crippen LogP contribution >= 0.6 is 11.6 Å². The largest absolute Gasteiger partial charge is 0.372 e. The van der Waals surface area contributed by atoms with Crippen molar-refractivity contribution in [2.75, 3.05) is 17.2 Å². The van der Waals surface area contributed by atoms with Crippen LogP contribution in [0.4, 0.5) is 10.1 Å². The molecule has 0 bridgehead atoms. The molecule has 0 aromatic heterocycles. The molecule has 1 fully saturated rings. The minimum Gasteiger partial charge on any atom is -0.372 e. The van der Waals surface area contributed by atoms with Crippen molar-refractivity contribution in [3.8, 4) is 0 Å². The molecule has 2 aromatic carbocycles. The van der Waals surface area contributed by atoms with E-state index < -0.39 is 44.6 Å². The van der Waals surface area contributed by atoms with Crippen LogP contribution in [0.2, 0.25) is 5.02 Å². The number of rotatable bonds is 7. The molecule has 1 aliphatic rings. The van der Waals surface area contributed by atoms with E-state index >= 15 is 0 Å². The molecule has 32 heavy (non-hydrogen) atoms. The first-order valence-corrected chi connectivity index (χ1v) is 11.6. The van der Waals surface area contributed by atoms with Crippen molar-refractivity contribution < 1.29 is 32.3 Å². The highest BCUT2D eigenvalue weighted by Crippen LogP contribution is 2.29. The first-order chi connectivity index (χ1) is 14.9. The highest BCUT2D eigenvalue weighted by molar-refractivity contribution is 7.92. The van der Waals surface area contributed by atoms with Gasteiger partial charge in [0.25, 0.3) is 11.8 Å². The second kappa shape index (κ2) is 8.97. The summed E-state index contributed by atoms with van der Waals surface area (Å²) >= 11 is 5.78. The lowest BCUT2D eigenvalue weighted by molar-refractivity contribution is -0.149. The topological polar surface area (TPSA) is 121 Å². The summed E-state index contributed by atoms with van der Waals surface area (Å²) < 4.78 is 37.7. The zero-order chi connectivity index (χ0) is 23.7. The van der Waals surface area contributed by atoms with Gasteiger partial charge in [0.15, 0.2) is 9.84 Å². The van der Waals surface area contributed by atoms with Gasteiger partial charge in [-0.15, -0.1) is 0 Å². The van der Waals surface area contributed by atoms with Crippen LogP contribution in [0, 0.1) is 5.82 Å². The van der Waals surface area contributed by atoms with Gasteiger partial charge in [-0.1, -0.05) is 11.6 Å². The van der Waals surface area contributed by atoms with Gasteiger partial charge in [-0.3, -0.25) is 14.4 Å². The fourth-order valence-corrected chi connectivity index (χ4v) is 4.89. The summed E-state index contributed by atoms with van der Waals surface area (Å²) in [4.78, 5) is 37.6. The summed E-state index contributed by atoms with van der Waals surface area (Å²) in [6.07, 6.45) is -0.189. The van der Waals surface area contributed by atoms with Crippen molar-refractivity contribution in [1.82, 2.24) is 5.32 Å². The standard InChI is InChI=1S/C21H20ClFN2O6S/c1-13(26)12-32(30,31)18-4-2-17(3-5-18)25-7-6-21(29,20(25)28)19(27)24-11-14-8-15(22)10-16(23)9-14/h2-5,8-10,29H,6-7,11-12H2,1H3,(H,24,27). The Balaban J connectivity index is 1.71. The molecule has 8 nitrogen and oxygen atoms in total. The molecule has 170 valence electrons. The second-order valence-electron chi connectivity index (χ2n) is 7.48. The minimum atomic E-state index is -3.79. The third-order valence-corrected chi connectivity index (χ3v) is 6.94. The summed E-state index contributed by atoms with van der Waals surface area (Å²) in [7, 11) is -3.79. The van der Waals surface area contributed by atoms with Crippen molar-refractivity contribution in [1.29, 1.82) is 0 Å². The van der Waals surface area contributed by atoms with Gasteiger partial charge in [0.05, 0.1) is 4.90 Å². The SMILES string of the molecule is CC(=O)CS(=O)(=O)c1ccc(N2CCC(O)(C(=O)NCc3cc(F)cc(Cl)c3)C2=O)cc1. The maximum atomic E-state index is 13.4. The Labute approximate surface area is 188 Å². The van der Waals surface area contributed by atoms with E-state index in [-0.39, 0.29) is 35.1 Å². The van der Waals surface area contributed by atoms with Crippen LogP contribution in [0.15, 0.2) is 47.4 Å². The van der Waals surface area contributed by atoms with E-state index in [4.69, 9.17) is 11.6 Å². The Hall–Kier alpha value is -2.82. The van der Waals surface area contributed by atoms with Gasteiger partial charge in [-0.2, -0.15) is 0 Å². The molecule has 1 aliphatic heterocycles. The van der Waals surface area contributed by atoms with Crippen LogP contribution in [0.3, 0.4) is 0 Å². The molecule has 0 aliphatic carbocycles. The van der Waals surface area contributed by atoms with E-state index in [1.54, 1.807) is 0 Å². The lowest BCUT2D eigenvalue weighted by Gasteiger charge is -2.22. The molecule has 2 aromatic rings. The molecule has 1 saturated heterocycles. The van der Waals surface area contributed by atoms with Gasteiger partial charge >= 0.3 is 0 Å². The van der Waals surface area contributed by atoms with Crippen LogP contribution in [0.1, 0.15) is 18.9 Å². The number of hydrogen-bond donors (Lipinski definition) is 2. The molecule has 2 N–H and O–H groups in total. The first-order valence-electron chi connectivity index (χ1n) is 9.52. The number of anilines is 1. The fraction of sp³-hybridized carbons (Fsp3) is 0.286. The number of aliphatic hydroxyl groups is 1. The van der Waals surface area contributed by atoms with Crippen LogP contribution in [0.25, 0.3) is 0 Å². The van der Waals surface area contributed by atoms with Crippen molar-refractivity contribution in [2.24, 2.45) is 0 Å². The summed E-state index contributed by atoms with van der Waals surface area (Å²) in [6.45, 7) is 1.05. The summed E-state index contributed by atoms with van der Waals surface area (Å²) in [6, 6.07) is 8.96. The van der Waals surface area contributed by atoms with Crippen molar-refractivity contribution in [2.45, 2.75) is 30.4 Å². The van der Waals surface area contributed by atoms with Gasteiger partial charge in [-0.05, 0) is 55.0 Å². The van der Waals surface area contributed by atoms with E-state index in [9.17, 15) is 32.3 Å². The van der Waals surface area contributed by atoms with Crippen molar-refractivity contribution >= 4 is 44.7 Å². The minimum absolute atomic E-state index is 0.0219. The van der Waals surface area contributed by atoms with Crippen LogP contribution < -0.4 is 10.2 Å². The third-order valence-electron chi connectivity index (χ3n) is 4.95. The van der Waals surface area contributed by atoms with Crippen LogP contribution in [0.5, 0.6) is 0 Å². The number of benzene rings is 2. The molecule has 1 heterocycles. The summed E-state index contributed by atoms with van der Waals surface area (Å²) in [5, 5.41) is 13.2. The van der Waals surface area contributed by atoms with E-state index in [0.717, 1.165) is 6.07 Å². The number of carbonyl (C=O) groups excluding carboxylic acids is 3.